The molecule has 0 fully saturated rings. The molecule has 1 amide bonds. The summed E-state index contributed by atoms with van der Waals surface area (Å²) < 4.78 is 5.85. The molecule has 4 aromatic rings. The van der Waals surface area contributed by atoms with Gasteiger partial charge in [0.1, 0.15) is 5.75 Å². The molecule has 32 heavy (non-hydrogen) atoms. The second-order valence-corrected chi connectivity index (χ2v) is 7.58. The van der Waals surface area contributed by atoms with Gasteiger partial charge in [0, 0.05) is 41.0 Å². The lowest BCUT2D eigenvalue weighted by molar-refractivity contribution is 0.0659. The lowest BCUT2D eigenvalue weighted by atomic mass is 10.0. The van der Waals surface area contributed by atoms with Crippen LogP contribution in [0.2, 0.25) is 0 Å². The molecule has 0 radical (unpaired) electrons. The molecule has 0 aliphatic heterocycles. The fourth-order valence-electron chi connectivity index (χ4n) is 3.89. The number of amides is 1. The minimum atomic E-state index is -0.581. The monoisotopic (exact) mass is 430 g/mol. The van der Waals surface area contributed by atoms with Gasteiger partial charge < -0.3 is 14.7 Å². The lowest BCUT2D eigenvalue weighted by Gasteiger charge is -2.27. The number of aryl methyl sites for hydroxylation is 1. The Bertz CT molecular complexity index is 1240. The molecular weight excluding hydrogens is 404 g/mol. The van der Waals surface area contributed by atoms with Crippen molar-refractivity contribution >= 4 is 16.8 Å². The number of nitrogens with one attached hydrogen (secondary N) is 1. The van der Waals surface area contributed by atoms with Gasteiger partial charge >= 0.3 is 0 Å². The number of aromatic amines is 1. The number of aliphatic hydroxyl groups excluding tert-OH is 1. The van der Waals surface area contributed by atoms with E-state index in [0.29, 0.717) is 23.5 Å². The van der Waals surface area contributed by atoms with Crippen LogP contribution in [0.25, 0.3) is 22.0 Å². The van der Waals surface area contributed by atoms with Gasteiger partial charge in [0.05, 0.1) is 31.0 Å². The Morgan fingerprint density at radius 3 is 2.69 bits per heavy atom. The van der Waals surface area contributed by atoms with Crippen LogP contribution >= 0.6 is 0 Å². The Kier molecular flexibility index (Phi) is 6.18. The molecule has 7 nitrogen and oxygen atoms in total. The van der Waals surface area contributed by atoms with E-state index in [4.69, 9.17) is 4.74 Å². The van der Waals surface area contributed by atoms with Crippen molar-refractivity contribution in [3.05, 3.63) is 77.7 Å². The minimum Gasteiger partial charge on any atom is -0.493 e. The highest BCUT2D eigenvalue weighted by Crippen LogP contribution is 2.33. The summed E-state index contributed by atoms with van der Waals surface area (Å²) in [6.07, 6.45) is 3.39. The van der Waals surface area contributed by atoms with Crippen molar-refractivity contribution in [1.82, 2.24) is 20.1 Å². The SMILES string of the molecule is CCOc1cc(C(=O)N(C)[C@H](CO)c2cnc(C)c3cn[nH]c23)ccc1-c1ccccc1. The number of H-pyrrole nitrogens is 1. The van der Waals surface area contributed by atoms with Crippen LogP contribution in [0.4, 0.5) is 0 Å². The van der Waals surface area contributed by atoms with E-state index >= 15 is 0 Å². The van der Waals surface area contributed by atoms with E-state index in [9.17, 15) is 9.90 Å². The first-order chi connectivity index (χ1) is 15.5. The number of carbonyl (C=O) groups excluding carboxylic acids is 1. The summed E-state index contributed by atoms with van der Waals surface area (Å²) in [6.45, 7) is 4.05. The summed E-state index contributed by atoms with van der Waals surface area (Å²) in [5.41, 5.74) is 4.74. The molecule has 7 heteroatoms. The highest BCUT2D eigenvalue weighted by Gasteiger charge is 2.26. The van der Waals surface area contributed by atoms with E-state index in [-0.39, 0.29) is 12.5 Å². The van der Waals surface area contributed by atoms with Crippen molar-refractivity contribution in [2.75, 3.05) is 20.3 Å². The van der Waals surface area contributed by atoms with E-state index < -0.39 is 6.04 Å². The number of benzene rings is 2. The van der Waals surface area contributed by atoms with Gasteiger partial charge in [-0.1, -0.05) is 30.3 Å². The molecule has 4 rings (SSSR count). The first-order valence-corrected chi connectivity index (χ1v) is 10.5. The second-order valence-electron chi connectivity index (χ2n) is 7.58. The minimum absolute atomic E-state index is 0.224. The van der Waals surface area contributed by atoms with Crippen LogP contribution in [-0.2, 0) is 0 Å². The van der Waals surface area contributed by atoms with E-state index in [2.05, 4.69) is 15.2 Å². The molecule has 0 saturated carbocycles. The topological polar surface area (TPSA) is 91.3 Å². The molecule has 0 aliphatic rings. The molecule has 2 N–H and O–H groups in total. The fourth-order valence-corrected chi connectivity index (χ4v) is 3.89. The maximum atomic E-state index is 13.4. The normalized spacial score (nSPS) is 12.0. The summed E-state index contributed by atoms with van der Waals surface area (Å²) in [6, 6.07) is 14.8. The predicted octanol–water partition coefficient (Wildman–Crippen LogP) is 4.14. The van der Waals surface area contributed by atoms with Gasteiger partial charge in [0.2, 0.25) is 0 Å². The first kappa shape index (κ1) is 21.5. The number of likely N-dealkylation sites (N-methyl/N-ethyl adjacent to an activating group) is 1. The van der Waals surface area contributed by atoms with E-state index in [1.54, 1.807) is 31.6 Å². The molecular formula is C25H26N4O3. The molecule has 0 bridgehead atoms. The summed E-state index contributed by atoms with van der Waals surface area (Å²) in [7, 11) is 1.68. The number of hydrogen-bond donors (Lipinski definition) is 2. The highest BCUT2D eigenvalue weighted by atomic mass is 16.5. The number of rotatable bonds is 7. The molecule has 0 aliphatic carbocycles. The number of pyridine rings is 1. The third-order valence-corrected chi connectivity index (χ3v) is 5.65. The van der Waals surface area contributed by atoms with Gasteiger partial charge in [-0.3, -0.25) is 14.9 Å². The third kappa shape index (κ3) is 3.94. The van der Waals surface area contributed by atoms with Gasteiger partial charge in [0.25, 0.3) is 5.91 Å². The van der Waals surface area contributed by atoms with Crippen molar-refractivity contribution in [1.29, 1.82) is 0 Å². The number of aromatic nitrogens is 3. The maximum absolute atomic E-state index is 13.4. The Morgan fingerprint density at radius 2 is 1.97 bits per heavy atom. The van der Waals surface area contributed by atoms with Crippen LogP contribution in [0.3, 0.4) is 0 Å². The van der Waals surface area contributed by atoms with Crippen molar-refractivity contribution in [2.45, 2.75) is 19.9 Å². The zero-order valence-electron chi connectivity index (χ0n) is 18.4. The number of carbonyl (C=O) groups is 1. The van der Waals surface area contributed by atoms with Crippen molar-refractivity contribution in [3.8, 4) is 16.9 Å². The van der Waals surface area contributed by atoms with Crippen molar-refractivity contribution in [2.24, 2.45) is 0 Å². The number of fused-ring (bicyclic) bond motifs is 1. The van der Waals surface area contributed by atoms with Crippen LogP contribution in [0.5, 0.6) is 5.75 Å². The van der Waals surface area contributed by atoms with E-state index in [1.807, 2.05) is 50.2 Å². The average Bonchev–Trinajstić information content (AvgIpc) is 3.32. The number of ether oxygens (including phenoxy) is 1. The standard InChI is InChI=1S/C25H26N4O3/c1-4-32-23-12-18(10-11-19(23)17-8-6-5-7-9-17)25(31)29(3)22(15-30)21-13-26-16(2)20-14-27-28-24(20)21/h5-14,22,30H,4,15H2,1-3H3,(H,27,28)/t22-/m1/s1. The van der Waals surface area contributed by atoms with Gasteiger partial charge in [-0.05, 0) is 37.6 Å². The van der Waals surface area contributed by atoms with Gasteiger partial charge in [-0.25, -0.2) is 0 Å². The largest absolute Gasteiger partial charge is 0.493 e. The van der Waals surface area contributed by atoms with Gasteiger partial charge in [-0.2, -0.15) is 5.10 Å². The number of hydrogen-bond acceptors (Lipinski definition) is 5. The van der Waals surface area contributed by atoms with Crippen molar-refractivity contribution < 1.29 is 14.6 Å². The average molecular weight is 431 g/mol. The third-order valence-electron chi connectivity index (χ3n) is 5.65. The van der Waals surface area contributed by atoms with Crippen LogP contribution in [0.1, 0.15) is 34.6 Å². The second kappa shape index (κ2) is 9.20. The summed E-state index contributed by atoms with van der Waals surface area (Å²) >= 11 is 0. The maximum Gasteiger partial charge on any atom is 0.254 e. The first-order valence-electron chi connectivity index (χ1n) is 10.5. The zero-order valence-corrected chi connectivity index (χ0v) is 18.4. The number of nitrogens with zero attached hydrogens (tertiary/aromatic N) is 3. The summed E-state index contributed by atoms with van der Waals surface area (Å²) in [4.78, 5) is 19.3. The van der Waals surface area contributed by atoms with Crippen LogP contribution in [0.15, 0.2) is 60.9 Å². The molecule has 2 aromatic carbocycles. The summed E-state index contributed by atoms with van der Waals surface area (Å²) in [5.74, 6) is 0.421. The highest BCUT2D eigenvalue weighted by molar-refractivity contribution is 5.96. The molecule has 2 heterocycles. The van der Waals surface area contributed by atoms with Gasteiger partial charge in [-0.15, -0.1) is 0 Å². The predicted molar refractivity (Wildman–Crippen MR) is 124 cm³/mol. The lowest BCUT2D eigenvalue weighted by Crippen LogP contribution is -2.33. The Morgan fingerprint density at radius 1 is 1.19 bits per heavy atom. The Balaban J connectivity index is 1.69. The smallest absolute Gasteiger partial charge is 0.254 e. The summed E-state index contributed by atoms with van der Waals surface area (Å²) in [5, 5.41) is 18.1. The molecule has 164 valence electrons. The Hall–Kier alpha value is -3.71. The van der Waals surface area contributed by atoms with Crippen LogP contribution in [-0.4, -0.2) is 51.4 Å². The van der Waals surface area contributed by atoms with Crippen LogP contribution in [0, 0.1) is 6.92 Å². The zero-order chi connectivity index (χ0) is 22.7. The molecule has 0 spiro atoms. The Labute approximate surface area is 186 Å². The van der Waals surface area contributed by atoms with Gasteiger partial charge in [0.15, 0.2) is 0 Å². The number of aliphatic hydroxyl groups is 1. The quantitative estimate of drug-likeness (QED) is 0.460. The molecule has 2 aromatic heterocycles. The van der Waals surface area contributed by atoms with E-state index in [0.717, 1.165) is 27.7 Å². The fraction of sp³-hybridized carbons (Fsp3) is 0.240. The van der Waals surface area contributed by atoms with Crippen molar-refractivity contribution in [3.63, 3.8) is 0 Å². The molecule has 1 atom stereocenters. The van der Waals surface area contributed by atoms with Crippen LogP contribution < -0.4 is 4.74 Å². The molecule has 0 unspecified atom stereocenters. The molecule has 0 saturated heterocycles. The van der Waals surface area contributed by atoms with E-state index in [1.165, 1.54) is 4.90 Å².